The zero-order chi connectivity index (χ0) is 15.8. The first-order valence-corrected chi connectivity index (χ1v) is 8.37. The maximum Gasteiger partial charge on any atom is 0.233 e. The molecule has 1 heterocycles. The van der Waals surface area contributed by atoms with Crippen LogP contribution in [0.5, 0.6) is 0 Å². The Morgan fingerprint density at radius 3 is 2.50 bits per heavy atom. The van der Waals surface area contributed by atoms with Crippen molar-refractivity contribution in [3.8, 4) is 0 Å². The Morgan fingerprint density at radius 1 is 1.18 bits per heavy atom. The molecular formula is C17H21N3OS. The minimum absolute atomic E-state index is 0.0137. The predicted molar refractivity (Wildman–Crippen MR) is 89.6 cm³/mol. The van der Waals surface area contributed by atoms with Gasteiger partial charge in [0, 0.05) is 12.4 Å². The molecule has 1 aromatic carbocycles. The average Bonchev–Trinajstić information content (AvgIpc) is 2.56. The number of nitrogens with zero attached hydrogens (tertiary/aromatic N) is 2. The van der Waals surface area contributed by atoms with E-state index < -0.39 is 0 Å². The number of hydrogen-bond donors (Lipinski definition) is 1. The zero-order valence-corrected chi connectivity index (χ0v) is 13.7. The summed E-state index contributed by atoms with van der Waals surface area (Å²) < 4.78 is 0. The molecule has 1 N–H and O–H groups in total. The van der Waals surface area contributed by atoms with Crippen LogP contribution in [0.1, 0.15) is 38.3 Å². The molecule has 2 rings (SSSR count). The van der Waals surface area contributed by atoms with Crippen molar-refractivity contribution >= 4 is 17.7 Å². The predicted octanol–water partition coefficient (Wildman–Crippen LogP) is 3.61. The van der Waals surface area contributed by atoms with E-state index in [1.807, 2.05) is 25.1 Å². The summed E-state index contributed by atoms with van der Waals surface area (Å²) in [6.45, 7) is 4.00. The van der Waals surface area contributed by atoms with Crippen molar-refractivity contribution < 1.29 is 4.79 Å². The van der Waals surface area contributed by atoms with Gasteiger partial charge in [-0.05, 0) is 25.0 Å². The van der Waals surface area contributed by atoms with Gasteiger partial charge in [0.15, 0.2) is 5.16 Å². The Kier molecular flexibility index (Phi) is 6.40. The molecule has 4 nitrogen and oxygen atoms in total. The van der Waals surface area contributed by atoms with Gasteiger partial charge in [-0.2, -0.15) is 0 Å². The van der Waals surface area contributed by atoms with E-state index in [0.29, 0.717) is 5.16 Å². The van der Waals surface area contributed by atoms with Crippen LogP contribution in [0.2, 0.25) is 0 Å². The fraction of sp³-hybridized carbons (Fsp3) is 0.353. The smallest absolute Gasteiger partial charge is 0.233 e. The highest BCUT2D eigenvalue weighted by Gasteiger charge is 2.20. The quantitative estimate of drug-likeness (QED) is 0.626. The highest BCUT2D eigenvalue weighted by Crippen LogP contribution is 2.22. The Morgan fingerprint density at radius 2 is 1.86 bits per heavy atom. The summed E-state index contributed by atoms with van der Waals surface area (Å²) in [5.41, 5.74) is 1.14. The highest BCUT2D eigenvalue weighted by atomic mass is 32.2. The molecule has 0 unspecified atom stereocenters. The van der Waals surface area contributed by atoms with Crippen LogP contribution in [0, 0.1) is 0 Å². The summed E-state index contributed by atoms with van der Waals surface area (Å²) in [6.07, 6.45) is 5.31. The minimum Gasteiger partial charge on any atom is -0.348 e. The van der Waals surface area contributed by atoms with Crippen LogP contribution in [0.3, 0.4) is 0 Å². The number of rotatable bonds is 7. The van der Waals surface area contributed by atoms with Gasteiger partial charge in [0.25, 0.3) is 0 Å². The lowest BCUT2D eigenvalue weighted by Crippen LogP contribution is -2.34. The summed E-state index contributed by atoms with van der Waals surface area (Å²) in [4.78, 5) is 20.7. The van der Waals surface area contributed by atoms with Gasteiger partial charge in [-0.1, -0.05) is 55.4 Å². The molecule has 0 aliphatic rings. The Bertz CT molecular complexity index is 577. The van der Waals surface area contributed by atoms with Crippen molar-refractivity contribution in [2.75, 3.05) is 0 Å². The lowest BCUT2D eigenvalue weighted by Gasteiger charge is -2.20. The second-order valence-corrected chi connectivity index (χ2v) is 6.36. The molecule has 1 amide bonds. The van der Waals surface area contributed by atoms with Crippen molar-refractivity contribution in [2.45, 2.75) is 43.1 Å². The molecular weight excluding hydrogens is 294 g/mol. The molecule has 2 aromatic rings. The molecule has 0 saturated heterocycles. The van der Waals surface area contributed by atoms with E-state index in [0.717, 1.165) is 18.4 Å². The van der Waals surface area contributed by atoms with Gasteiger partial charge in [-0.25, -0.2) is 9.97 Å². The number of amides is 1. The molecule has 116 valence electrons. The SMILES string of the molecule is CCC[C@@H](NC(=O)[C@H](C)Sc1ncccn1)c1ccccc1. The lowest BCUT2D eigenvalue weighted by atomic mass is 10.0. The van der Waals surface area contributed by atoms with Crippen LogP contribution in [0.25, 0.3) is 0 Å². The normalized spacial score (nSPS) is 13.4. The van der Waals surface area contributed by atoms with Gasteiger partial charge in [-0.15, -0.1) is 0 Å². The molecule has 0 saturated carbocycles. The van der Waals surface area contributed by atoms with Crippen LogP contribution >= 0.6 is 11.8 Å². The molecule has 2 atom stereocenters. The van der Waals surface area contributed by atoms with E-state index in [-0.39, 0.29) is 17.2 Å². The molecule has 1 aromatic heterocycles. The number of hydrogen-bond acceptors (Lipinski definition) is 4. The van der Waals surface area contributed by atoms with E-state index in [1.54, 1.807) is 18.5 Å². The van der Waals surface area contributed by atoms with E-state index in [9.17, 15) is 4.79 Å². The first kappa shape index (κ1) is 16.5. The van der Waals surface area contributed by atoms with Crippen molar-refractivity contribution in [3.05, 3.63) is 54.4 Å². The lowest BCUT2D eigenvalue weighted by molar-refractivity contribution is -0.121. The van der Waals surface area contributed by atoms with E-state index >= 15 is 0 Å². The topological polar surface area (TPSA) is 54.9 Å². The summed E-state index contributed by atoms with van der Waals surface area (Å²) >= 11 is 1.37. The van der Waals surface area contributed by atoms with Crippen LogP contribution in [0.4, 0.5) is 0 Å². The zero-order valence-electron chi connectivity index (χ0n) is 12.9. The van der Waals surface area contributed by atoms with Crippen molar-refractivity contribution in [3.63, 3.8) is 0 Å². The Hall–Kier alpha value is -1.88. The van der Waals surface area contributed by atoms with Crippen LogP contribution in [-0.4, -0.2) is 21.1 Å². The van der Waals surface area contributed by atoms with Crippen LogP contribution < -0.4 is 5.32 Å². The maximum atomic E-state index is 12.4. The van der Waals surface area contributed by atoms with E-state index in [4.69, 9.17) is 0 Å². The third-order valence-corrected chi connectivity index (χ3v) is 4.28. The molecule has 0 radical (unpaired) electrons. The Labute approximate surface area is 135 Å². The second-order valence-electron chi connectivity index (χ2n) is 5.05. The van der Waals surface area contributed by atoms with Crippen molar-refractivity contribution in [2.24, 2.45) is 0 Å². The number of aromatic nitrogens is 2. The fourth-order valence-corrected chi connectivity index (χ4v) is 2.88. The number of benzene rings is 1. The van der Waals surface area contributed by atoms with Gasteiger partial charge in [0.05, 0.1) is 11.3 Å². The molecule has 0 spiro atoms. The monoisotopic (exact) mass is 315 g/mol. The van der Waals surface area contributed by atoms with Gasteiger partial charge in [-0.3, -0.25) is 4.79 Å². The second kappa shape index (κ2) is 8.54. The van der Waals surface area contributed by atoms with E-state index in [2.05, 4.69) is 34.3 Å². The number of nitrogens with one attached hydrogen (secondary N) is 1. The third-order valence-electron chi connectivity index (χ3n) is 3.29. The maximum absolute atomic E-state index is 12.4. The molecule has 22 heavy (non-hydrogen) atoms. The summed E-state index contributed by atoms with van der Waals surface area (Å²) in [5, 5.41) is 3.53. The molecule has 0 aliphatic heterocycles. The van der Waals surface area contributed by atoms with Crippen LogP contribution in [-0.2, 0) is 4.79 Å². The number of carbonyl (C=O) groups is 1. The summed E-state index contributed by atoms with van der Waals surface area (Å²) in [5.74, 6) is 0.0137. The summed E-state index contributed by atoms with van der Waals surface area (Å²) in [6, 6.07) is 11.9. The van der Waals surface area contributed by atoms with Gasteiger partial charge in [0.1, 0.15) is 0 Å². The van der Waals surface area contributed by atoms with Crippen LogP contribution in [0.15, 0.2) is 53.9 Å². The average molecular weight is 315 g/mol. The first-order chi connectivity index (χ1) is 10.7. The Balaban J connectivity index is 1.98. The standard InChI is InChI=1S/C17H21N3OS/c1-3-8-15(14-9-5-4-6-10-14)20-16(21)13(2)22-17-18-11-7-12-19-17/h4-7,9-13,15H,3,8H2,1-2H3,(H,20,21)/t13-,15+/m0/s1. The fourth-order valence-electron chi connectivity index (χ4n) is 2.14. The minimum atomic E-state index is -0.231. The van der Waals surface area contributed by atoms with Crippen molar-refractivity contribution in [1.29, 1.82) is 0 Å². The summed E-state index contributed by atoms with van der Waals surface area (Å²) in [7, 11) is 0. The highest BCUT2D eigenvalue weighted by molar-refractivity contribution is 8.00. The largest absolute Gasteiger partial charge is 0.348 e. The van der Waals surface area contributed by atoms with E-state index in [1.165, 1.54) is 11.8 Å². The molecule has 0 bridgehead atoms. The number of thioether (sulfide) groups is 1. The third kappa shape index (κ3) is 4.84. The van der Waals surface area contributed by atoms with Gasteiger partial charge < -0.3 is 5.32 Å². The van der Waals surface area contributed by atoms with Gasteiger partial charge >= 0.3 is 0 Å². The molecule has 0 fully saturated rings. The van der Waals surface area contributed by atoms with Gasteiger partial charge in [0.2, 0.25) is 5.91 Å². The number of carbonyl (C=O) groups excluding carboxylic acids is 1. The molecule has 5 heteroatoms. The van der Waals surface area contributed by atoms with Crippen molar-refractivity contribution in [1.82, 2.24) is 15.3 Å². The molecule has 0 aliphatic carbocycles. The first-order valence-electron chi connectivity index (χ1n) is 7.49.